The second-order valence-electron chi connectivity index (χ2n) is 7.62. The van der Waals surface area contributed by atoms with Crippen LogP contribution in [0.5, 0.6) is 0 Å². The Bertz CT molecular complexity index is 823. The zero-order chi connectivity index (χ0) is 21.0. The van der Waals surface area contributed by atoms with Gasteiger partial charge in [-0.1, -0.05) is 29.3 Å². The molecule has 29 heavy (non-hydrogen) atoms. The van der Waals surface area contributed by atoms with E-state index in [2.05, 4.69) is 5.32 Å². The minimum atomic E-state index is -3.56. The Labute approximate surface area is 182 Å². The first-order chi connectivity index (χ1) is 13.8. The smallest absolute Gasteiger partial charge is 0.247 e. The van der Waals surface area contributed by atoms with Crippen molar-refractivity contribution in [3.63, 3.8) is 0 Å². The number of benzene rings is 1. The van der Waals surface area contributed by atoms with E-state index in [1.165, 1.54) is 4.31 Å². The van der Waals surface area contributed by atoms with Gasteiger partial charge in [0.15, 0.2) is 0 Å². The number of nitrogens with zero attached hydrogens (tertiary/aromatic N) is 2. The van der Waals surface area contributed by atoms with Crippen molar-refractivity contribution in [3.05, 3.63) is 33.8 Å². The van der Waals surface area contributed by atoms with Gasteiger partial charge >= 0.3 is 0 Å². The molecule has 1 aromatic rings. The van der Waals surface area contributed by atoms with Gasteiger partial charge in [0, 0.05) is 29.6 Å². The number of hydrogen-bond donors (Lipinski definition) is 2. The van der Waals surface area contributed by atoms with Crippen LogP contribution in [-0.2, 0) is 14.8 Å². The Morgan fingerprint density at radius 1 is 1.17 bits per heavy atom. The number of halogens is 2. The largest absolute Gasteiger partial charge is 0.317 e. The first-order valence-electron chi connectivity index (χ1n) is 9.92. The fraction of sp³-hybridized carbons (Fsp3) is 0.632. The van der Waals surface area contributed by atoms with Gasteiger partial charge < -0.3 is 5.32 Å². The van der Waals surface area contributed by atoms with Crippen molar-refractivity contribution in [2.45, 2.75) is 44.1 Å². The van der Waals surface area contributed by atoms with E-state index in [9.17, 15) is 18.4 Å². The highest BCUT2D eigenvalue weighted by atomic mass is 35.5. The van der Waals surface area contributed by atoms with Crippen LogP contribution < -0.4 is 5.32 Å². The van der Waals surface area contributed by atoms with Gasteiger partial charge in [-0.2, -0.15) is 0 Å². The van der Waals surface area contributed by atoms with E-state index >= 15 is 0 Å². The summed E-state index contributed by atoms with van der Waals surface area (Å²) >= 11 is 12.2. The van der Waals surface area contributed by atoms with Crippen LogP contribution in [0, 0.1) is 0 Å². The van der Waals surface area contributed by atoms with Gasteiger partial charge in [-0.25, -0.2) is 17.8 Å². The lowest BCUT2D eigenvalue weighted by atomic mass is 9.90. The number of hydroxylamine groups is 2. The number of nitrogens with one attached hydrogen (secondary N) is 1. The Morgan fingerprint density at radius 3 is 2.45 bits per heavy atom. The summed E-state index contributed by atoms with van der Waals surface area (Å²) in [4.78, 5) is 12.2. The number of carbonyl (C=O) groups excluding carboxylic acids is 1. The average Bonchev–Trinajstić information content (AvgIpc) is 2.72. The molecule has 0 bridgehead atoms. The predicted octanol–water partition coefficient (Wildman–Crippen LogP) is 2.86. The lowest BCUT2D eigenvalue weighted by Gasteiger charge is -2.32. The van der Waals surface area contributed by atoms with E-state index < -0.39 is 15.9 Å². The molecule has 3 rings (SSSR count). The van der Waals surface area contributed by atoms with Crippen molar-refractivity contribution in [2.75, 3.05) is 31.9 Å². The van der Waals surface area contributed by atoms with Crippen molar-refractivity contribution in [1.82, 2.24) is 14.7 Å². The molecule has 0 aromatic heterocycles. The normalized spacial score (nSPS) is 20.0. The SMILES string of the molecule is O=C(CCS(=O)(=O)N1CCC(c2ccc(Cl)cc2Cl)CC1)N(O)C1CCNCC1. The summed E-state index contributed by atoms with van der Waals surface area (Å²) in [5, 5.41) is 15.1. The summed E-state index contributed by atoms with van der Waals surface area (Å²) < 4.78 is 26.8. The third-order valence-electron chi connectivity index (χ3n) is 5.73. The van der Waals surface area contributed by atoms with E-state index in [4.69, 9.17) is 23.2 Å². The Hall–Kier alpha value is -0.900. The van der Waals surface area contributed by atoms with Crippen molar-refractivity contribution in [3.8, 4) is 0 Å². The molecule has 1 aromatic carbocycles. The second-order valence-corrected chi connectivity index (χ2v) is 10.6. The first kappa shape index (κ1) is 22.8. The van der Waals surface area contributed by atoms with Crippen LogP contribution in [0.2, 0.25) is 10.0 Å². The summed E-state index contributed by atoms with van der Waals surface area (Å²) in [6.07, 6.45) is 2.43. The number of hydrogen-bond acceptors (Lipinski definition) is 5. The van der Waals surface area contributed by atoms with Crippen LogP contribution in [0.25, 0.3) is 0 Å². The monoisotopic (exact) mass is 463 g/mol. The van der Waals surface area contributed by atoms with Gasteiger partial charge in [0.2, 0.25) is 15.9 Å². The summed E-state index contributed by atoms with van der Waals surface area (Å²) in [7, 11) is -3.56. The minimum absolute atomic E-state index is 0.181. The highest BCUT2D eigenvalue weighted by Gasteiger charge is 2.31. The lowest BCUT2D eigenvalue weighted by molar-refractivity contribution is -0.177. The van der Waals surface area contributed by atoms with Crippen LogP contribution in [0.4, 0.5) is 0 Å². The molecule has 0 aliphatic carbocycles. The van der Waals surface area contributed by atoms with Crippen LogP contribution in [0.1, 0.15) is 43.6 Å². The Morgan fingerprint density at radius 2 is 1.83 bits per heavy atom. The zero-order valence-electron chi connectivity index (χ0n) is 16.2. The molecule has 2 N–H and O–H groups in total. The van der Waals surface area contributed by atoms with E-state index in [1.54, 1.807) is 12.1 Å². The second kappa shape index (κ2) is 9.94. The molecule has 0 saturated carbocycles. The molecule has 0 atom stereocenters. The number of piperidine rings is 2. The quantitative estimate of drug-likeness (QED) is 0.499. The van der Waals surface area contributed by atoms with Gasteiger partial charge in [-0.15, -0.1) is 0 Å². The van der Waals surface area contributed by atoms with Crippen LogP contribution in [0.3, 0.4) is 0 Å². The molecule has 2 aliphatic rings. The van der Waals surface area contributed by atoms with Crippen LogP contribution in [-0.4, -0.2) is 66.9 Å². The summed E-state index contributed by atoms with van der Waals surface area (Å²) in [6, 6.07) is 5.15. The molecule has 2 aliphatic heterocycles. The van der Waals surface area contributed by atoms with Crippen LogP contribution >= 0.6 is 23.2 Å². The van der Waals surface area contributed by atoms with Crippen molar-refractivity contribution in [1.29, 1.82) is 0 Å². The van der Waals surface area contributed by atoms with Crippen molar-refractivity contribution < 1.29 is 18.4 Å². The Balaban J connectivity index is 1.51. The first-order valence-corrected chi connectivity index (χ1v) is 12.3. The maximum Gasteiger partial charge on any atom is 0.247 e. The third-order valence-corrected chi connectivity index (χ3v) is 8.17. The maximum absolute atomic E-state index is 12.7. The Kier molecular flexibility index (Phi) is 7.81. The van der Waals surface area contributed by atoms with E-state index in [0.717, 1.165) is 23.7 Å². The number of rotatable bonds is 6. The van der Waals surface area contributed by atoms with Crippen molar-refractivity contribution >= 4 is 39.1 Å². The molecule has 0 spiro atoms. The van der Waals surface area contributed by atoms with E-state index in [-0.39, 0.29) is 24.1 Å². The zero-order valence-corrected chi connectivity index (χ0v) is 18.5. The maximum atomic E-state index is 12.7. The number of sulfonamides is 1. The standard InChI is InChI=1S/C19H27Cl2N3O4S/c20-15-1-2-17(18(21)13-15)14-5-10-23(11-6-14)29(27,28)12-7-19(25)24(26)16-3-8-22-9-4-16/h1-2,13-14,16,22,26H,3-12H2. The molecule has 162 valence electrons. The van der Waals surface area contributed by atoms with Crippen molar-refractivity contribution in [2.24, 2.45) is 0 Å². The summed E-state index contributed by atoms with van der Waals surface area (Å²) in [5.41, 5.74) is 0.987. The van der Waals surface area contributed by atoms with Gasteiger partial charge in [0.25, 0.3) is 0 Å². The van der Waals surface area contributed by atoms with E-state index in [1.807, 2.05) is 6.07 Å². The van der Waals surface area contributed by atoms with E-state index in [0.29, 0.717) is 48.8 Å². The predicted molar refractivity (Wildman–Crippen MR) is 113 cm³/mol. The molecule has 0 radical (unpaired) electrons. The molecular weight excluding hydrogens is 437 g/mol. The minimum Gasteiger partial charge on any atom is -0.317 e. The molecule has 7 nitrogen and oxygen atoms in total. The van der Waals surface area contributed by atoms with Gasteiger partial charge in [-0.05, 0) is 62.4 Å². The number of amides is 1. The molecule has 2 heterocycles. The highest BCUT2D eigenvalue weighted by molar-refractivity contribution is 7.89. The molecule has 10 heteroatoms. The van der Waals surface area contributed by atoms with Gasteiger partial charge in [0.1, 0.15) is 0 Å². The molecule has 0 unspecified atom stereocenters. The van der Waals surface area contributed by atoms with Gasteiger partial charge in [-0.3, -0.25) is 10.0 Å². The average molecular weight is 464 g/mol. The lowest BCUT2D eigenvalue weighted by Crippen LogP contribution is -2.45. The third kappa shape index (κ3) is 5.83. The highest BCUT2D eigenvalue weighted by Crippen LogP contribution is 2.34. The van der Waals surface area contributed by atoms with Gasteiger partial charge in [0.05, 0.1) is 11.8 Å². The summed E-state index contributed by atoms with van der Waals surface area (Å²) in [6.45, 7) is 2.24. The molecule has 2 saturated heterocycles. The molecular formula is C19H27Cl2N3O4S. The number of carbonyl (C=O) groups is 1. The fourth-order valence-electron chi connectivity index (χ4n) is 3.99. The summed E-state index contributed by atoms with van der Waals surface area (Å²) in [5.74, 6) is -0.649. The van der Waals surface area contributed by atoms with Crippen LogP contribution in [0.15, 0.2) is 18.2 Å². The molecule has 1 amide bonds. The topological polar surface area (TPSA) is 90.0 Å². The fourth-order valence-corrected chi connectivity index (χ4v) is 6.01. The molecule has 2 fully saturated rings.